The fourth-order valence-corrected chi connectivity index (χ4v) is 2.57. The van der Waals surface area contributed by atoms with Gasteiger partial charge in [-0.15, -0.1) is 0 Å². The zero-order valence-corrected chi connectivity index (χ0v) is 15.8. The van der Waals surface area contributed by atoms with Crippen LogP contribution in [0.1, 0.15) is 39.5 Å². The number of benzene rings is 1. The van der Waals surface area contributed by atoms with Gasteiger partial charge in [-0.3, -0.25) is 9.59 Å². The third kappa shape index (κ3) is 6.31. The number of hydrogen-bond acceptors (Lipinski definition) is 7. The molecule has 7 nitrogen and oxygen atoms in total. The quantitative estimate of drug-likeness (QED) is 0.655. The molecule has 0 spiro atoms. The van der Waals surface area contributed by atoms with E-state index in [1.165, 1.54) is 0 Å². The highest BCUT2D eigenvalue weighted by atomic mass is 16.7. The Labute approximate surface area is 154 Å². The molecule has 0 radical (unpaired) electrons. The van der Waals surface area contributed by atoms with E-state index >= 15 is 0 Å². The lowest BCUT2D eigenvalue weighted by atomic mass is 10.1. The summed E-state index contributed by atoms with van der Waals surface area (Å²) < 4.78 is 21.5. The van der Waals surface area contributed by atoms with Crippen molar-refractivity contribution in [2.75, 3.05) is 31.2 Å². The van der Waals surface area contributed by atoms with Crippen LogP contribution in [0.3, 0.4) is 0 Å². The van der Waals surface area contributed by atoms with E-state index < -0.39 is 18.2 Å². The molecule has 2 rings (SSSR count). The predicted octanol–water partition coefficient (Wildman–Crippen LogP) is 2.44. The molecule has 1 heterocycles. The summed E-state index contributed by atoms with van der Waals surface area (Å²) in [5.74, 6) is -0.813. The number of hydrogen-bond donors (Lipinski definition) is 0. The second-order valence-corrected chi connectivity index (χ2v) is 6.60. The lowest BCUT2D eigenvalue weighted by molar-refractivity contribution is -0.146. The highest BCUT2D eigenvalue weighted by molar-refractivity contribution is 5.81. The van der Waals surface area contributed by atoms with Gasteiger partial charge >= 0.3 is 11.9 Å². The maximum atomic E-state index is 12.1. The Morgan fingerprint density at radius 2 is 1.58 bits per heavy atom. The molecule has 0 saturated carbocycles. The van der Waals surface area contributed by atoms with Crippen LogP contribution < -0.4 is 4.90 Å². The Bertz CT molecular complexity index is 586. The van der Waals surface area contributed by atoms with E-state index in [0.29, 0.717) is 18.9 Å². The predicted molar refractivity (Wildman–Crippen MR) is 95.8 cm³/mol. The summed E-state index contributed by atoms with van der Waals surface area (Å²) in [5, 5.41) is 0. The van der Waals surface area contributed by atoms with Gasteiger partial charge in [0, 0.05) is 11.3 Å². The smallest absolute Gasteiger partial charge is 0.325 e. The van der Waals surface area contributed by atoms with Gasteiger partial charge in [-0.05, 0) is 39.8 Å². The minimum Gasteiger partial charge on any atom is -0.462 e. The Morgan fingerprint density at radius 3 is 2.08 bits per heavy atom. The molecule has 0 aliphatic carbocycles. The van der Waals surface area contributed by atoms with Gasteiger partial charge in [0.25, 0.3) is 0 Å². The van der Waals surface area contributed by atoms with Gasteiger partial charge in [-0.25, -0.2) is 0 Å². The number of rotatable bonds is 8. The van der Waals surface area contributed by atoms with Gasteiger partial charge in [-0.1, -0.05) is 12.1 Å². The molecular weight excluding hydrogens is 338 g/mol. The molecular formula is C19H27NO6. The van der Waals surface area contributed by atoms with Gasteiger partial charge in [0.2, 0.25) is 0 Å². The van der Waals surface area contributed by atoms with Crippen molar-refractivity contribution >= 4 is 17.6 Å². The molecule has 144 valence electrons. The van der Waals surface area contributed by atoms with Crippen LogP contribution in [0, 0.1) is 0 Å². The topological polar surface area (TPSA) is 74.3 Å². The number of anilines is 1. The molecule has 1 fully saturated rings. The molecule has 7 heteroatoms. The first-order valence-electron chi connectivity index (χ1n) is 8.82. The number of carbonyl (C=O) groups is 2. The second-order valence-electron chi connectivity index (χ2n) is 6.60. The van der Waals surface area contributed by atoms with Gasteiger partial charge in [-0.2, -0.15) is 0 Å². The van der Waals surface area contributed by atoms with Gasteiger partial charge in [0.1, 0.15) is 13.1 Å². The molecule has 0 N–H and O–H groups in total. The van der Waals surface area contributed by atoms with Crippen molar-refractivity contribution in [2.24, 2.45) is 0 Å². The van der Waals surface area contributed by atoms with Crippen LogP contribution in [0.5, 0.6) is 0 Å². The maximum Gasteiger partial charge on any atom is 0.325 e. The van der Waals surface area contributed by atoms with Crippen molar-refractivity contribution in [3.8, 4) is 0 Å². The highest BCUT2D eigenvalue weighted by Crippen LogP contribution is 2.27. The fraction of sp³-hybridized carbons (Fsp3) is 0.579. The molecule has 0 atom stereocenters. The van der Waals surface area contributed by atoms with E-state index in [9.17, 15) is 9.59 Å². The third-order valence-electron chi connectivity index (χ3n) is 3.50. The van der Waals surface area contributed by atoms with Crippen molar-refractivity contribution in [3.63, 3.8) is 0 Å². The van der Waals surface area contributed by atoms with Gasteiger partial charge in [0.05, 0.1) is 25.4 Å². The number of nitrogens with zero attached hydrogens (tertiary/aromatic N) is 1. The number of esters is 2. The minimum atomic E-state index is -0.429. The minimum absolute atomic E-state index is 0.0544. The van der Waals surface area contributed by atoms with Crippen LogP contribution in [0.4, 0.5) is 5.69 Å². The molecule has 0 bridgehead atoms. The summed E-state index contributed by atoms with van der Waals surface area (Å²) in [6, 6.07) is 7.39. The molecule has 1 aromatic rings. The SMILES string of the molecule is CC(C)OC(=O)CN(CC(=O)OC(C)C)c1cccc(C2OCCO2)c1. The van der Waals surface area contributed by atoms with E-state index in [1.54, 1.807) is 32.6 Å². The van der Waals surface area contributed by atoms with Crippen LogP contribution in [0.15, 0.2) is 24.3 Å². The van der Waals surface area contributed by atoms with E-state index in [1.807, 2.05) is 24.3 Å². The molecule has 0 unspecified atom stereocenters. The van der Waals surface area contributed by atoms with Gasteiger partial charge in [0.15, 0.2) is 6.29 Å². The van der Waals surface area contributed by atoms with Crippen molar-refractivity contribution < 1.29 is 28.5 Å². The second kappa shape index (κ2) is 9.54. The summed E-state index contributed by atoms with van der Waals surface area (Å²) in [4.78, 5) is 25.9. The molecule has 0 amide bonds. The van der Waals surface area contributed by atoms with Gasteiger partial charge < -0.3 is 23.8 Å². The summed E-state index contributed by atoms with van der Waals surface area (Å²) in [6.45, 7) is 8.10. The first-order valence-corrected chi connectivity index (χ1v) is 8.82. The number of ether oxygens (including phenoxy) is 4. The van der Waals surface area contributed by atoms with Crippen molar-refractivity contribution in [1.29, 1.82) is 0 Å². The lowest BCUT2D eigenvalue weighted by Crippen LogP contribution is -2.37. The summed E-state index contributed by atoms with van der Waals surface area (Å²) in [5.41, 5.74) is 1.53. The summed E-state index contributed by atoms with van der Waals surface area (Å²) >= 11 is 0. The van der Waals surface area contributed by atoms with Crippen molar-refractivity contribution in [3.05, 3.63) is 29.8 Å². The molecule has 0 aromatic heterocycles. The molecule has 1 aliphatic rings. The average Bonchev–Trinajstić information content (AvgIpc) is 3.07. The summed E-state index contributed by atoms with van der Waals surface area (Å²) in [7, 11) is 0. The van der Waals surface area contributed by atoms with E-state index in [-0.39, 0.29) is 25.3 Å². The fourth-order valence-electron chi connectivity index (χ4n) is 2.57. The largest absolute Gasteiger partial charge is 0.462 e. The summed E-state index contributed by atoms with van der Waals surface area (Å²) in [6.07, 6.45) is -0.876. The molecule has 1 saturated heterocycles. The maximum absolute atomic E-state index is 12.1. The van der Waals surface area contributed by atoms with E-state index in [2.05, 4.69) is 0 Å². The van der Waals surface area contributed by atoms with Crippen LogP contribution in [0.25, 0.3) is 0 Å². The number of carbonyl (C=O) groups excluding carboxylic acids is 2. The van der Waals surface area contributed by atoms with Crippen molar-refractivity contribution in [2.45, 2.75) is 46.2 Å². The van der Waals surface area contributed by atoms with Crippen LogP contribution in [-0.4, -0.2) is 50.4 Å². The van der Waals surface area contributed by atoms with E-state index in [4.69, 9.17) is 18.9 Å². The average molecular weight is 365 g/mol. The Balaban J connectivity index is 2.17. The Morgan fingerprint density at radius 1 is 1.04 bits per heavy atom. The van der Waals surface area contributed by atoms with Crippen molar-refractivity contribution in [1.82, 2.24) is 0 Å². The first kappa shape index (κ1) is 20.2. The van der Waals surface area contributed by atoms with Crippen LogP contribution in [-0.2, 0) is 28.5 Å². The Hall–Kier alpha value is -2.12. The highest BCUT2D eigenvalue weighted by Gasteiger charge is 2.22. The third-order valence-corrected chi connectivity index (χ3v) is 3.50. The molecule has 26 heavy (non-hydrogen) atoms. The van der Waals surface area contributed by atoms with Crippen LogP contribution >= 0.6 is 0 Å². The normalized spacial score (nSPS) is 14.7. The van der Waals surface area contributed by atoms with E-state index in [0.717, 1.165) is 5.56 Å². The monoisotopic (exact) mass is 365 g/mol. The first-order chi connectivity index (χ1) is 12.3. The standard InChI is InChI=1S/C19H27NO6/c1-13(2)25-17(21)11-20(12-18(22)26-14(3)4)16-7-5-6-15(10-16)19-23-8-9-24-19/h5-7,10,13-14,19H,8-9,11-12H2,1-4H3. The molecule has 1 aromatic carbocycles. The lowest BCUT2D eigenvalue weighted by Gasteiger charge is -2.25. The zero-order chi connectivity index (χ0) is 19.1. The van der Waals surface area contributed by atoms with Crippen LogP contribution in [0.2, 0.25) is 0 Å². The Kier molecular flexibility index (Phi) is 7.41. The zero-order valence-electron chi connectivity index (χ0n) is 15.8. The molecule has 1 aliphatic heterocycles.